The van der Waals surface area contributed by atoms with Crippen LogP contribution in [0.4, 0.5) is 11.4 Å². The molecule has 186 valence electrons. The lowest BCUT2D eigenvalue weighted by Crippen LogP contribution is -2.76. The minimum absolute atomic E-state index is 0.0613. The van der Waals surface area contributed by atoms with Crippen molar-refractivity contribution in [2.24, 2.45) is 0 Å². The standard InChI is InChI=1S/C22H31B2N3.C3H8.C2H6.C2H4/c1-6-7-17-25-23(4)26(18-13-9-8-10-14-18)21-22(2,3)19-15-11-12-16-20(19)27(21)24(25)5;1-3-2;2*1-2/h8-16,21H,6-7,17H2,1-5H3;3H2,1-2H3;1-2H3;1-2H2. The Balaban J connectivity index is 0.000000750. The summed E-state index contributed by atoms with van der Waals surface area (Å²) in [7, 11) is 0. The van der Waals surface area contributed by atoms with Crippen LogP contribution in [0.5, 0.6) is 0 Å². The molecule has 5 heteroatoms. The maximum Gasteiger partial charge on any atom is 0.331 e. The molecule has 0 aromatic heterocycles. The van der Waals surface area contributed by atoms with Crippen molar-refractivity contribution in [2.75, 3.05) is 16.2 Å². The van der Waals surface area contributed by atoms with Gasteiger partial charge in [-0.15, -0.1) is 13.2 Å². The molecule has 2 aromatic rings. The summed E-state index contributed by atoms with van der Waals surface area (Å²) >= 11 is 0. The number of rotatable bonds is 4. The lowest BCUT2D eigenvalue weighted by Gasteiger charge is -2.56. The number of unbranched alkanes of at least 4 members (excludes halogenated alkanes) is 1. The van der Waals surface area contributed by atoms with E-state index in [-0.39, 0.29) is 5.41 Å². The Morgan fingerprint density at radius 1 is 0.824 bits per heavy atom. The first kappa shape index (κ1) is 29.9. The highest BCUT2D eigenvalue weighted by Gasteiger charge is 2.56. The fourth-order valence-electron chi connectivity index (χ4n) is 5.26. The lowest BCUT2D eigenvalue weighted by molar-refractivity contribution is 0.424. The number of fused-ring (bicyclic) bond motifs is 3. The molecule has 0 aliphatic carbocycles. The van der Waals surface area contributed by atoms with E-state index < -0.39 is 0 Å². The molecule has 1 saturated heterocycles. The van der Waals surface area contributed by atoms with E-state index >= 15 is 0 Å². The summed E-state index contributed by atoms with van der Waals surface area (Å²) in [6.07, 6.45) is 4.04. The van der Waals surface area contributed by atoms with E-state index in [2.05, 4.69) is 130 Å². The Bertz CT molecular complexity index is 827. The van der Waals surface area contributed by atoms with Crippen LogP contribution >= 0.6 is 0 Å². The zero-order valence-corrected chi connectivity index (χ0v) is 23.5. The molecule has 1 atom stereocenters. The van der Waals surface area contributed by atoms with Crippen LogP contribution in [-0.4, -0.2) is 31.4 Å². The van der Waals surface area contributed by atoms with Gasteiger partial charge in [-0.1, -0.05) is 111 Å². The average molecular weight is 461 g/mol. The Morgan fingerprint density at radius 2 is 1.32 bits per heavy atom. The van der Waals surface area contributed by atoms with Crippen LogP contribution in [0, 0.1) is 0 Å². The molecule has 0 spiro atoms. The predicted molar refractivity (Wildman–Crippen MR) is 158 cm³/mol. The lowest BCUT2D eigenvalue weighted by atomic mass is 9.55. The van der Waals surface area contributed by atoms with Gasteiger partial charge in [0.2, 0.25) is 0 Å². The third-order valence-corrected chi connectivity index (χ3v) is 6.64. The smallest absolute Gasteiger partial charge is 0.331 e. The molecule has 34 heavy (non-hydrogen) atoms. The maximum absolute atomic E-state index is 3.00. The Hall–Kier alpha value is -2.13. The summed E-state index contributed by atoms with van der Waals surface area (Å²) in [5.74, 6) is 0. The fraction of sp³-hybridized carbons (Fsp3) is 0.517. The molecule has 2 aromatic carbocycles. The van der Waals surface area contributed by atoms with Gasteiger partial charge in [0.1, 0.15) is 0 Å². The largest absolute Gasteiger partial charge is 0.382 e. The molecule has 0 bridgehead atoms. The first-order valence-electron chi connectivity index (χ1n) is 13.4. The van der Waals surface area contributed by atoms with Crippen LogP contribution in [0.3, 0.4) is 0 Å². The zero-order chi connectivity index (χ0) is 25.9. The monoisotopic (exact) mass is 461 g/mol. The number of anilines is 2. The van der Waals surface area contributed by atoms with Gasteiger partial charge in [-0.25, -0.2) is 0 Å². The van der Waals surface area contributed by atoms with Gasteiger partial charge in [-0.2, -0.15) is 0 Å². The Kier molecular flexibility index (Phi) is 12.6. The molecule has 1 unspecified atom stereocenters. The third-order valence-electron chi connectivity index (χ3n) is 6.64. The zero-order valence-electron chi connectivity index (χ0n) is 23.5. The van der Waals surface area contributed by atoms with Gasteiger partial charge in [0, 0.05) is 16.8 Å². The van der Waals surface area contributed by atoms with E-state index in [1.54, 1.807) is 0 Å². The summed E-state index contributed by atoms with van der Waals surface area (Å²) in [6.45, 7) is 28.0. The van der Waals surface area contributed by atoms with E-state index in [1.165, 1.54) is 36.2 Å². The fourth-order valence-corrected chi connectivity index (χ4v) is 5.26. The van der Waals surface area contributed by atoms with Crippen LogP contribution in [0.25, 0.3) is 0 Å². The van der Waals surface area contributed by atoms with Gasteiger partial charge >= 0.3 is 14.0 Å². The minimum Gasteiger partial charge on any atom is -0.382 e. The van der Waals surface area contributed by atoms with Crippen LogP contribution in [0.2, 0.25) is 13.6 Å². The van der Waals surface area contributed by atoms with Gasteiger partial charge in [0.05, 0.1) is 6.17 Å². The van der Waals surface area contributed by atoms with Crippen LogP contribution < -0.4 is 9.62 Å². The van der Waals surface area contributed by atoms with Gasteiger partial charge in [0.25, 0.3) is 0 Å². The molecule has 2 heterocycles. The molecule has 0 amide bonds. The number of benzene rings is 2. The molecular formula is C29H49B2N3. The average Bonchev–Trinajstić information content (AvgIpc) is 3.10. The summed E-state index contributed by atoms with van der Waals surface area (Å²) in [5, 5.41) is 0. The van der Waals surface area contributed by atoms with E-state index in [0.717, 1.165) is 6.54 Å². The highest BCUT2D eigenvalue weighted by molar-refractivity contribution is 6.77. The van der Waals surface area contributed by atoms with Crippen molar-refractivity contribution in [3.8, 4) is 0 Å². The van der Waals surface area contributed by atoms with Gasteiger partial charge in [0.15, 0.2) is 0 Å². The van der Waals surface area contributed by atoms with Gasteiger partial charge in [-0.3, -0.25) is 0 Å². The van der Waals surface area contributed by atoms with Crippen LogP contribution in [0.1, 0.15) is 73.3 Å². The van der Waals surface area contributed by atoms with Crippen molar-refractivity contribution in [1.82, 2.24) is 4.72 Å². The number of hydrogen-bond donors (Lipinski definition) is 0. The highest BCUT2D eigenvalue weighted by Crippen LogP contribution is 2.50. The SMILES string of the molecule is C=C.CC.CCC.CCCCN1B(C)N(c2ccccc2)C2N(B1C)c1ccccc1C2(C)C. The van der Waals surface area contributed by atoms with Gasteiger partial charge < -0.3 is 14.3 Å². The van der Waals surface area contributed by atoms with Crippen LogP contribution in [-0.2, 0) is 5.41 Å². The van der Waals surface area contributed by atoms with E-state index in [1.807, 2.05) is 13.8 Å². The number of nitrogens with zero attached hydrogens (tertiary/aromatic N) is 3. The molecule has 0 N–H and O–H groups in total. The van der Waals surface area contributed by atoms with E-state index in [4.69, 9.17) is 0 Å². The molecule has 4 rings (SSSR count). The Labute approximate surface area is 212 Å². The highest BCUT2D eigenvalue weighted by atomic mass is 15.4. The predicted octanol–water partition coefficient (Wildman–Crippen LogP) is 8.21. The Morgan fingerprint density at radius 3 is 1.88 bits per heavy atom. The molecule has 0 saturated carbocycles. The molecule has 0 radical (unpaired) electrons. The normalized spacial score (nSPS) is 17.9. The topological polar surface area (TPSA) is 9.72 Å². The van der Waals surface area contributed by atoms with E-state index in [9.17, 15) is 0 Å². The summed E-state index contributed by atoms with van der Waals surface area (Å²) in [4.78, 5) is 5.31. The molecule has 3 nitrogen and oxygen atoms in total. The second-order valence-electron chi connectivity index (χ2n) is 9.32. The van der Waals surface area contributed by atoms with Crippen molar-refractivity contribution in [2.45, 2.75) is 93.0 Å². The van der Waals surface area contributed by atoms with Crippen LogP contribution in [0.15, 0.2) is 67.8 Å². The second-order valence-corrected chi connectivity index (χ2v) is 9.32. The van der Waals surface area contributed by atoms with Crippen molar-refractivity contribution < 1.29 is 0 Å². The van der Waals surface area contributed by atoms with E-state index in [0.29, 0.717) is 20.1 Å². The summed E-state index contributed by atoms with van der Waals surface area (Å²) < 4.78 is 2.67. The van der Waals surface area contributed by atoms with Crippen molar-refractivity contribution in [3.05, 3.63) is 73.3 Å². The number of hydrogen-bond acceptors (Lipinski definition) is 3. The van der Waals surface area contributed by atoms with Gasteiger partial charge in [-0.05, 0) is 36.7 Å². The van der Waals surface area contributed by atoms with Crippen molar-refractivity contribution in [1.29, 1.82) is 0 Å². The maximum atomic E-state index is 3.00. The quantitative estimate of drug-likeness (QED) is 0.336. The first-order valence-corrected chi connectivity index (χ1v) is 13.4. The summed E-state index contributed by atoms with van der Waals surface area (Å²) in [5.41, 5.74) is 4.24. The van der Waals surface area contributed by atoms with Crippen molar-refractivity contribution >= 4 is 25.3 Å². The first-order chi connectivity index (χ1) is 16.4. The second kappa shape index (κ2) is 14.3. The summed E-state index contributed by atoms with van der Waals surface area (Å²) in [6, 6.07) is 20.0. The van der Waals surface area contributed by atoms with Crippen molar-refractivity contribution in [3.63, 3.8) is 0 Å². The molecule has 2 aliphatic heterocycles. The molecular weight excluding hydrogens is 412 g/mol. The third kappa shape index (κ3) is 5.92. The minimum atomic E-state index is 0.0613. The number of para-hydroxylation sites is 2. The molecule has 2 aliphatic rings. The molecule has 1 fully saturated rings.